The van der Waals surface area contributed by atoms with Crippen molar-refractivity contribution in [3.63, 3.8) is 0 Å². The molecule has 0 spiro atoms. The van der Waals surface area contributed by atoms with Gasteiger partial charge in [-0.3, -0.25) is 9.89 Å². The molecule has 0 unspecified atom stereocenters. The molecule has 2 heterocycles. The van der Waals surface area contributed by atoms with Gasteiger partial charge in [0.2, 0.25) is 5.91 Å². The topological polar surface area (TPSA) is 57.8 Å². The van der Waals surface area contributed by atoms with E-state index < -0.39 is 0 Å². The quantitative estimate of drug-likeness (QED) is 0.759. The van der Waals surface area contributed by atoms with Crippen LogP contribution in [0, 0.1) is 0 Å². The molecule has 2 N–H and O–H groups in total. The fourth-order valence-corrected chi connectivity index (χ4v) is 2.13. The summed E-state index contributed by atoms with van der Waals surface area (Å²) in [4.78, 5) is 11.5. The van der Waals surface area contributed by atoms with Crippen LogP contribution in [0.4, 0.5) is 5.82 Å². The summed E-state index contributed by atoms with van der Waals surface area (Å²) in [5.41, 5.74) is 2.21. The number of rotatable bonds is 1. The fourth-order valence-electron chi connectivity index (χ4n) is 2.13. The van der Waals surface area contributed by atoms with E-state index in [0.717, 1.165) is 16.9 Å². The van der Waals surface area contributed by atoms with E-state index in [1.165, 1.54) is 0 Å². The Balaban J connectivity index is 2.07. The van der Waals surface area contributed by atoms with Gasteiger partial charge >= 0.3 is 0 Å². The summed E-state index contributed by atoms with van der Waals surface area (Å²) in [6, 6.07) is 10.0. The lowest BCUT2D eigenvalue weighted by Crippen LogP contribution is -2.22. The van der Waals surface area contributed by atoms with Gasteiger partial charge in [-0.1, -0.05) is 30.3 Å². The van der Waals surface area contributed by atoms with Crippen LogP contribution in [0.2, 0.25) is 0 Å². The van der Waals surface area contributed by atoms with E-state index in [-0.39, 0.29) is 11.8 Å². The number of aromatic nitrogens is 2. The Morgan fingerprint density at radius 3 is 2.88 bits per heavy atom. The molecule has 4 nitrogen and oxygen atoms in total. The molecule has 1 amide bonds. The molecular formula is C12H11N3O. The molecule has 1 aliphatic heterocycles. The predicted octanol–water partition coefficient (Wildman–Crippen LogP) is 1.88. The van der Waals surface area contributed by atoms with Crippen molar-refractivity contribution in [1.82, 2.24) is 10.2 Å². The third-order valence-electron chi connectivity index (χ3n) is 2.90. The number of H-pyrrole nitrogens is 1. The van der Waals surface area contributed by atoms with Crippen LogP contribution in [0.3, 0.4) is 0 Å². The Hall–Kier alpha value is -2.10. The summed E-state index contributed by atoms with van der Waals surface area (Å²) < 4.78 is 0. The number of benzene rings is 1. The number of fused-ring (bicyclic) bond motifs is 1. The molecule has 16 heavy (non-hydrogen) atoms. The summed E-state index contributed by atoms with van der Waals surface area (Å²) in [7, 11) is 0. The predicted molar refractivity (Wildman–Crippen MR) is 60.1 cm³/mol. The van der Waals surface area contributed by atoms with Crippen molar-refractivity contribution in [3.8, 4) is 0 Å². The maximum atomic E-state index is 11.5. The molecule has 0 bridgehead atoms. The maximum Gasteiger partial charge on any atom is 0.226 e. The largest absolute Gasteiger partial charge is 0.311 e. The van der Waals surface area contributed by atoms with Gasteiger partial charge in [0, 0.05) is 17.9 Å². The molecule has 0 saturated carbocycles. The van der Waals surface area contributed by atoms with Gasteiger partial charge in [-0.05, 0) is 5.56 Å². The molecule has 1 aromatic carbocycles. The van der Waals surface area contributed by atoms with Crippen LogP contribution in [0.5, 0.6) is 0 Å². The van der Waals surface area contributed by atoms with Gasteiger partial charge in [0.15, 0.2) is 0 Å². The number of nitrogens with one attached hydrogen (secondary N) is 2. The van der Waals surface area contributed by atoms with E-state index in [4.69, 9.17) is 0 Å². The summed E-state index contributed by atoms with van der Waals surface area (Å²) >= 11 is 0. The summed E-state index contributed by atoms with van der Waals surface area (Å²) in [6.07, 6.45) is 2.27. The molecule has 0 saturated heterocycles. The second-order valence-electron chi connectivity index (χ2n) is 3.92. The molecular weight excluding hydrogens is 202 g/mol. The third-order valence-corrected chi connectivity index (χ3v) is 2.90. The lowest BCUT2D eigenvalue weighted by Gasteiger charge is -2.22. The third kappa shape index (κ3) is 1.39. The lowest BCUT2D eigenvalue weighted by atomic mass is 9.87. The average molecular weight is 213 g/mol. The van der Waals surface area contributed by atoms with E-state index in [1.54, 1.807) is 6.20 Å². The van der Waals surface area contributed by atoms with Gasteiger partial charge in [0.05, 0.1) is 6.20 Å². The Morgan fingerprint density at radius 2 is 2.06 bits per heavy atom. The first kappa shape index (κ1) is 9.15. The van der Waals surface area contributed by atoms with Crippen LogP contribution in [0.25, 0.3) is 0 Å². The first-order valence-electron chi connectivity index (χ1n) is 5.22. The van der Waals surface area contributed by atoms with Crippen LogP contribution in [-0.2, 0) is 4.79 Å². The smallest absolute Gasteiger partial charge is 0.226 e. The average Bonchev–Trinajstić information content (AvgIpc) is 2.77. The molecule has 0 fully saturated rings. The van der Waals surface area contributed by atoms with E-state index in [9.17, 15) is 4.79 Å². The van der Waals surface area contributed by atoms with Crippen LogP contribution in [0.1, 0.15) is 23.5 Å². The second kappa shape index (κ2) is 3.48. The highest BCUT2D eigenvalue weighted by Gasteiger charge is 2.27. The molecule has 1 aliphatic rings. The lowest BCUT2D eigenvalue weighted by molar-refractivity contribution is -0.116. The molecule has 0 radical (unpaired) electrons. The molecule has 80 valence electrons. The fraction of sp³-hybridized carbons (Fsp3) is 0.167. The number of hydrogen-bond donors (Lipinski definition) is 2. The Labute approximate surface area is 92.7 Å². The minimum Gasteiger partial charge on any atom is -0.311 e. The maximum absolute atomic E-state index is 11.5. The van der Waals surface area contributed by atoms with Gasteiger partial charge in [0.1, 0.15) is 5.82 Å². The van der Waals surface area contributed by atoms with Crippen LogP contribution in [-0.4, -0.2) is 16.1 Å². The number of nitrogens with zero attached hydrogens (tertiary/aromatic N) is 1. The normalized spacial score (nSPS) is 19.0. The minimum atomic E-state index is 0.0330. The molecule has 1 atom stereocenters. The first-order valence-corrected chi connectivity index (χ1v) is 5.22. The van der Waals surface area contributed by atoms with Gasteiger partial charge in [-0.2, -0.15) is 5.10 Å². The number of amides is 1. The van der Waals surface area contributed by atoms with Gasteiger partial charge < -0.3 is 5.32 Å². The van der Waals surface area contributed by atoms with Gasteiger partial charge in [-0.15, -0.1) is 0 Å². The number of hydrogen-bond acceptors (Lipinski definition) is 2. The Bertz CT molecular complexity index is 518. The van der Waals surface area contributed by atoms with Crippen molar-refractivity contribution in [2.24, 2.45) is 0 Å². The Kier molecular flexibility index (Phi) is 1.99. The van der Waals surface area contributed by atoms with E-state index in [1.807, 2.05) is 30.3 Å². The highest BCUT2D eigenvalue weighted by molar-refractivity contribution is 5.94. The molecule has 3 rings (SSSR count). The van der Waals surface area contributed by atoms with E-state index in [2.05, 4.69) is 15.5 Å². The summed E-state index contributed by atoms with van der Waals surface area (Å²) in [6.45, 7) is 0. The van der Waals surface area contributed by atoms with E-state index in [0.29, 0.717) is 6.42 Å². The summed E-state index contributed by atoms with van der Waals surface area (Å²) in [5.74, 6) is 0.874. The number of carbonyl (C=O) groups is 1. The van der Waals surface area contributed by atoms with Crippen molar-refractivity contribution in [1.29, 1.82) is 0 Å². The molecule has 4 heteroatoms. The highest BCUT2D eigenvalue weighted by atomic mass is 16.1. The van der Waals surface area contributed by atoms with Crippen molar-refractivity contribution < 1.29 is 4.79 Å². The molecule has 1 aromatic heterocycles. The van der Waals surface area contributed by atoms with Crippen LogP contribution < -0.4 is 5.32 Å². The SMILES string of the molecule is O=C1C[C@@H](c2ccccc2)c2cn[nH]c2N1. The van der Waals surface area contributed by atoms with Gasteiger partial charge in [0.25, 0.3) is 0 Å². The minimum absolute atomic E-state index is 0.0330. The zero-order chi connectivity index (χ0) is 11.0. The number of anilines is 1. The standard InChI is InChI=1S/C12H11N3O/c16-11-6-9(8-4-2-1-3-5-8)10-7-13-15-12(10)14-11/h1-5,7,9H,6H2,(H2,13,14,15,16)/t9-/m0/s1. The van der Waals surface area contributed by atoms with Crippen molar-refractivity contribution in [2.75, 3.05) is 5.32 Å². The monoisotopic (exact) mass is 213 g/mol. The van der Waals surface area contributed by atoms with Crippen molar-refractivity contribution in [3.05, 3.63) is 47.7 Å². The Morgan fingerprint density at radius 1 is 1.25 bits per heavy atom. The molecule has 0 aliphatic carbocycles. The van der Waals surface area contributed by atoms with Crippen LogP contribution >= 0.6 is 0 Å². The zero-order valence-electron chi connectivity index (χ0n) is 8.60. The number of carbonyl (C=O) groups excluding carboxylic acids is 1. The van der Waals surface area contributed by atoms with Gasteiger partial charge in [-0.25, -0.2) is 0 Å². The first-order chi connectivity index (χ1) is 7.84. The molecule has 2 aromatic rings. The van der Waals surface area contributed by atoms with Crippen molar-refractivity contribution in [2.45, 2.75) is 12.3 Å². The van der Waals surface area contributed by atoms with E-state index >= 15 is 0 Å². The zero-order valence-corrected chi connectivity index (χ0v) is 8.60. The van der Waals surface area contributed by atoms with Crippen LogP contribution in [0.15, 0.2) is 36.5 Å². The summed E-state index contributed by atoms with van der Waals surface area (Å²) in [5, 5.41) is 9.56. The van der Waals surface area contributed by atoms with Crippen molar-refractivity contribution >= 4 is 11.7 Å². The second-order valence-corrected chi connectivity index (χ2v) is 3.92. The highest BCUT2D eigenvalue weighted by Crippen LogP contribution is 2.35. The number of aromatic amines is 1.